The normalized spacial score (nSPS) is 10.9. The van der Waals surface area contributed by atoms with Crippen LogP contribution in [0.4, 0.5) is 5.88 Å². The number of hydrogen-bond donors (Lipinski definition) is 1. The van der Waals surface area contributed by atoms with Gasteiger partial charge in [0.2, 0.25) is 5.88 Å². The summed E-state index contributed by atoms with van der Waals surface area (Å²) in [5, 5.41) is 9.04. The molecule has 0 unspecified atom stereocenters. The Morgan fingerprint density at radius 1 is 1.20 bits per heavy atom. The summed E-state index contributed by atoms with van der Waals surface area (Å²) in [6, 6.07) is 5.25. The molecule has 0 aliphatic rings. The summed E-state index contributed by atoms with van der Waals surface area (Å²) in [6.45, 7) is 0. The monoisotopic (exact) mass is 308 g/mol. The molecule has 0 saturated carbocycles. The van der Waals surface area contributed by atoms with E-state index in [-0.39, 0.29) is 5.88 Å². The number of aryl methyl sites for hydroxylation is 1. The van der Waals surface area contributed by atoms with Crippen molar-refractivity contribution in [3.8, 4) is 22.4 Å². The van der Waals surface area contributed by atoms with Crippen molar-refractivity contribution in [1.29, 1.82) is 0 Å². The van der Waals surface area contributed by atoms with Crippen LogP contribution in [0.5, 0.6) is 0 Å². The molecule has 2 N–H and O–H groups in total. The second kappa shape index (κ2) is 4.85. The van der Waals surface area contributed by atoms with Crippen LogP contribution in [-0.4, -0.2) is 14.9 Å². The molecule has 0 aliphatic carbocycles. The van der Waals surface area contributed by atoms with Crippen LogP contribution in [0.2, 0.25) is 10.0 Å². The molecule has 3 rings (SSSR count). The van der Waals surface area contributed by atoms with Crippen LogP contribution in [0.3, 0.4) is 0 Å². The molecule has 0 radical (unpaired) electrons. The van der Waals surface area contributed by atoms with Crippen molar-refractivity contribution < 1.29 is 4.52 Å². The predicted molar refractivity (Wildman–Crippen MR) is 78.6 cm³/mol. The SMILES string of the molecule is Cn1cc(-c2noc(N)c2-c2ccc(Cl)c(Cl)c2)cn1. The van der Waals surface area contributed by atoms with Gasteiger partial charge in [0.15, 0.2) is 0 Å². The molecule has 1 aromatic carbocycles. The highest BCUT2D eigenvalue weighted by Crippen LogP contribution is 2.38. The van der Waals surface area contributed by atoms with Crippen LogP contribution in [-0.2, 0) is 7.05 Å². The molecule has 0 bridgehead atoms. The number of nitrogens with two attached hydrogens (primary N) is 1. The number of nitrogen functional groups attached to an aromatic ring is 1. The molecule has 20 heavy (non-hydrogen) atoms. The fraction of sp³-hybridized carbons (Fsp3) is 0.0769. The van der Waals surface area contributed by atoms with E-state index in [1.165, 1.54) is 0 Å². The van der Waals surface area contributed by atoms with Crippen molar-refractivity contribution >= 4 is 29.1 Å². The van der Waals surface area contributed by atoms with E-state index in [0.717, 1.165) is 11.1 Å². The number of halogens is 2. The van der Waals surface area contributed by atoms with Crippen molar-refractivity contribution in [3.05, 3.63) is 40.6 Å². The van der Waals surface area contributed by atoms with Gasteiger partial charge in [-0.05, 0) is 17.7 Å². The zero-order valence-corrected chi connectivity index (χ0v) is 12.0. The van der Waals surface area contributed by atoms with E-state index >= 15 is 0 Å². The van der Waals surface area contributed by atoms with Crippen molar-refractivity contribution in [2.75, 3.05) is 5.73 Å². The van der Waals surface area contributed by atoms with Gasteiger partial charge in [0.25, 0.3) is 0 Å². The lowest BCUT2D eigenvalue weighted by molar-refractivity contribution is 0.439. The third-order valence-electron chi connectivity index (χ3n) is 2.91. The van der Waals surface area contributed by atoms with E-state index < -0.39 is 0 Å². The van der Waals surface area contributed by atoms with Gasteiger partial charge in [-0.15, -0.1) is 0 Å². The lowest BCUT2D eigenvalue weighted by Crippen LogP contribution is -1.88. The van der Waals surface area contributed by atoms with Crippen molar-refractivity contribution in [2.45, 2.75) is 0 Å². The summed E-state index contributed by atoms with van der Waals surface area (Å²) < 4.78 is 6.78. The maximum atomic E-state index is 6.05. The highest BCUT2D eigenvalue weighted by atomic mass is 35.5. The van der Waals surface area contributed by atoms with E-state index in [1.807, 2.05) is 19.3 Å². The maximum absolute atomic E-state index is 6.05. The van der Waals surface area contributed by atoms with Gasteiger partial charge in [0.05, 0.1) is 21.8 Å². The van der Waals surface area contributed by atoms with E-state index in [0.29, 0.717) is 21.3 Å². The van der Waals surface area contributed by atoms with Crippen LogP contribution in [0.1, 0.15) is 0 Å². The predicted octanol–water partition coefficient (Wildman–Crippen LogP) is 3.63. The second-order valence-electron chi connectivity index (χ2n) is 4.30. The van der Waals surface area contributed by atoms with Crippen LogP contribution < -0.4 is 5.73 Å². The molecule has 0 spiro atoms. The molecule has 0 fully saturated rings. The first-order chi connectivity index (χ1) is 9.56. The summed E-state index contributed by atoms with van der Waals surface area (Å²) in [5.41, 5.74) is 8.77. The van der Waals surface area contributed by atoms with Crippen LogP contribution >= 0.6 is 23.2 Å². The second-order valence-corrected chi connectivity index (χ2v) is 5.12. The zero-order chi connectivity index (χ0) is 14.3. The first-order valence-electron chi connectivity index (χ1n) is 5.76. The topological polar surface area (TPSA) is 69.9 Å². The minimum absolute atomic E-state index is 0.224. The minimum atomic E-state index is 0.224. The fourth-order valence-corrected chi connectivity index (χ4v) is 2.27. The molecule has 102 valence electrons. The quantitative estimate of drug-likeness (QED) is 0.784. The maximum Gasteiger partial charge on any atom is 0.230 e. The Morgan fingerprint density at radius 3 is 2.65 bits per heavy atom. The Balaban J connectivity index is 2.18. The van der Waals surface area contributed by atoms with Gasteiger partial charge in [-0.25, -0.2) is 0 Å². The van der Waals surface area contributed by atoms with Gasteiger partial charge in [0.1, 0.15) is 5.69 Å². The van der Waals surface area contributed by atoms with Crippen molar-refractivity contribution in [2.24, 2.45) is 7.05 Å². The average Bonchev–Trinajstić information content (AvgIpc) is 2.99. The smallest absolute Gasteiger partial charge is 0.230 e. The van der Waals surface area contributed by atoms with Crippen LogP contribution in [0.15, 0.2) is 35.1 Å². The molecule has 3 aromatic rings. The van der Waals surface area contributed by atoms with Gasteiger partial charge in [-0.3, -0.25) is 4.68 Å². The Hall–Kier alpha value is -1.98. The molecule has 7 heteroatoms. The number of hydrogen-bond acceptors (Lipinski definition) is 4. The Kier molecular flexibility index (Phi) is 3.16. The summed E-state index contributed by atoms with van der Waals surface area (Å²) in [5.74, 6) is 0.224. The lowest BCUT2D eigenvalue weighted by Gasteiger charge is -2.03. The van der Waals surface area contributed by atoms with E-state index in [2.05, 4.69) is 10.3 Å². The first-order valence-corrected chi connectivity index (χ1v) is 6.51. The van der Waals surface area contributed by atoms with Gasteiger partial charge in [-0.1, -0.05) is 34.4 Å². The largest absolute Gasteiger partial charge is 0.367 e. The van der Waals surface area contributed by atoms with E-state index in [9.17, 15) is 0 Å². The summed E-state index contributed by atoms with van der Waals surface area (Å²) >= 11 is 12.0. The highest BCUT2D eigenvalue weighted by molar-refractivity contribution is 6.42. The van der Waals surface area contributed by atoms with E-state index in [4.69, 9.17) is 33.5 Å². The van der Waals surface area contributed by atoms with Crippen LogP contribution in [0, 0.1) is 0 Å². The third-order valence-corrected chi connectivity index (χ3v) is 3.64. The zero-order valence-electron chi connectivity index (χ0n) is 10.5. The molecule has 2 heterocycles. The van der Waals surface area contributed by atoms with Gasteiger partial charge < -0.3 is 10.3 Å². The highest BCUT2D eigenvalue weighted by Gasteiger charge is 2.19. The molecule has 0 aliphatic heterocycles. The number of benzene rings is 1. The molecule has 0 amide bonds. The first kappa shape index (κ1) is 13.0. The molecular weight excluding hydrogens is 299 g/mol. The standard InChI is InChI=1S/C13H10Cl2N4O/c1-19-6-8(5-17-19)12-11(13(16)20-18-12)7-2-3-9(14)10(15)4-7/h2-6H,16H2,1H3. The lowest BCUT2D eigenvalue weighted by atomic mass is 10.0. The van der Waals surface area contributed by atoms with Gasteiger partial charge >= 0.3 is 0 Å². The summed E-state index contributed by atoms with van der Waals surface area (Å²) in [4.78, 5) is 0. The van der Waals surface area contributed by atoms with E-state index in [1.54, 1.807) is 23.0 Å². The van der Waals surface area contributed by atoms with Gasteiger partial charge in [-0.2, -0.15) is 5.10 Å². The van der Waals surface area contributed by atoms with Gasteiger partial charge in [0, 0.05) is 18.8 Å². The molecule has 5 nitrogen and oxygen atoms in total. The molecule has 2 aromatic heterocycles. The summed E-state index contributed by atoms with van der Waals surface area (Å²) in [7, 11) is 1.83. The number of rotatable bonds is 2. The Labute approximate surface area is 124 Å². The molecule has 0 atom stereocenters. The number of anilines is 1. The third kappa shape index (κ3) is 2.15. The Bertz CT molecular complexity index is 779. The molecule has 0 saturated heterocycles. The number of nitrogens with zero attached hydrogens (tertiary/aromatic N) is 3. The molecular formula is C13H10Cl2N4O. The average molecular weight is 309 g/mol. The van der Waals surface area contributed by atoms with Crippen molar-refractivity contribution in [1.82, 2.24) is 14.9 Å². The minimum Gasteiger partial charge on any atom is -0.367 e. The van der Waals surface area contributed by atoms with Crippen molar-refractivity contribution in [3.63, 3.8) is 0 Å². The summed E-state index contributed by atoms with van der Waals surface area (Å²) in [6.07, 6.45) is 3.52. The Morgan fingerprint density at radius 2 is 2.00 bits per heavy atom. The fourth-order valence-electron chi connectivity index (χ4n) is 1.97. The number of aromatic nitrogens is 3. The van der Waals surface area contributed by atoms with Crippen LogP contribution in [0.25, 0.3) is 22.4 Å².